The Hall–Kier alpha value is -1.65. The number of aliphatic carboxylic acids is 1. The molecule has 1 unspecified atom stereocenters. The second-order valence-electron chi connectivity index (χ2n) is 3.63. The maximum atomic E-state index is 11.1. The fourth-order valence-corrected chi connectivity index (χ4v) is 1.02. The molecule has 15 heavy (non-hydrogen) atoms. The normalized spacial score (nSPS) is 17.4. The average Bonchev–Trinajstić information content (AvgIpc) is 2.96. The molecule has 1 aliphatic rings. The topological polar surface area (TPSA) is 90.3 Å². The molecule has 1 rings (SSSR count). The van der Waals surface area contributed by atoms with E-state index in [1.165, 1.54) is 19.1 Å². The lowest BCUT2D eigenvalue weighted by Crippen LogP contribution is -2.37. The molecule has 1 saturated carbocycles. The van der Waals surface area contributed by atoms with E-state index in [-0.39, 0.29) is 0 Å². The fourth-order valence-electron chi connectivity index (χ4n) is 1.02. The molecular formula is C10H14N2O3. The predicted molar refractivity (Wildman–Crippen MR) is 54.8 cm³/mol. The van der Waals surface area contributed by atoms with Crippen molar-refractivity contribution in [2.45, 2.75) is 25.8 Å². The van der Waals surface area contributed by atoms with Crippen LogP contribution >= 0.6 is 0 Å². The van der Waals surface area contributed by atoms with Gasteiger partial charge >= 0.3 is 5.97 Å². The SMILES string of the molecule is CC(NC(=O)/C=C/C(=N)C1CC1)C(=O)O. The molecule has 5 nitrogen and oxygen atoms in total. The van der Waals surface area contributed by atoms with Crippen molar-refractivity contribution in [3.05, 3.63) is 12.2 Å². The van der Waals surface area contributed by atoms with E-state index in [0.717, 1.165) is 12.8 Å². The maximum Gasteiger partial charge on any atom is 0.325 e. The molecule has 0 radical (unpaired) electrons. The first-order valence-electron chi connectivity index (χ1n) is 4.80. The van der Waals surface area contributed by atoms with E-state index >= 15 is 0 Å². The first-order chi connectivity index (χ1) is 7.00. The lowest BCUT2D eigenvalue weighted by Gasteiger charge is -2.05. The van der Waals surface area contributed by atoms with E-state index < -0.39 is 17.9 Å². The third-order valence-electron chi connectivity index (χ3n) is 2.16. The fraction of sp³-hybridized carbons (Fsp3) is 0.500. The van der Waals surface area contributed by atoms with Crippen molar-refractivity contribution < 1.29 is 14.7 Å². The molecular weight excluding hydrogens is 196 g/mol. The summed E-state index contributed by atoms with van der Waals surface area (Å²) in [6.07, 6.45) is 4.66. The van der Waals surface area contributed by atoms with Crippen LogP contribution in [0.25, 0.3) is 0 Å². The Bertz CT molecular complexity index is 319. The number of allylic oxidation sites excluding steroid dienone is 1. The number of nitrogens with one attached hydrogen (secondary N) is 2. The van der Waals surface area contributed by atoms with Gasteiger partial charge in [0.25, 0.3) is 0 Å². The van der Waals surface area contributed by atoms with Crippen LogP contribution in [-0.2, 0) is 9.59 Å². The molecule has 0 aromatic carbocycles. The zero-order chi connectivity index (χ0) is 11.4. The molecule has 0 spiro atoms. The number of amides is 1. The average molecular weight is 210 g/mol. The van der Waals surface area contributed by atoms with Gasteiger partial charge in [-0.1, -0.05) is 0 Å². The molecule has 0 bridgehead atoms. The Morgan fingerprint density at radius 2 is 2.07 bits per heavy atom. The van der Waals surface area contributed by atoms with Gasteiger partial charge in [0.15, 0.2) is 0 Å². The first kappa shape index (κ1) is 11.4. The van der Waals surface area contributed by atoms with Gasteiger partial charge in [0, 0.05) is 17.7 Å². The summed E-state index contributed by atoms with van der Waals surface area (Å²) in [5.41, 5.74) is 0.438. The largest absolute Gasteiger partial charge is 0.480 e. The van der Waals surface area contributed by atoms with Gasteiger partial charge in [-0.05, 0) is 25.8 Å². The van der Waals surface area contributed by atoms with Crippen LogP contribution in [0.2, 0.25) is 0 Å². The van der Waals surface area contributed by atoms with Gasteiger partial charge in [0.05, 0.1) is 0 Å². The minimum absolute atomic E-state index is 0.297. The van der Waals surface area contributed by atoms with Crippen molar-refractivity contribution in [2.24, 2.45) is 5.92 Å². The van der Waals surface area contributed by atoms with Crippen molar-refractivity contribution in [1.29, 1.82) is 5.41 Å². The van der Waals surface area contributed by atoms with Crippen LogP contribution in [0.5, 0.6) is 0 Å². The van der Waals surface area contributed by atoms with Crippen LogP contribution in [0.1, 0.15) is 19.8 Å². The highest BCUT2D eigenvalue weighted by Crippen LogP contribution is 2.30. The third kappa shape index (κ3) is 3.93. The van der Waals surface area contributed by atoms with Gasteiger partial charge in [-0.3, -0.25) is 9.59 Å². The highest BCUT2D eigenvalue weighted by atomic mass is 16.4. The van der Waals surface area contributed by atoms with Crippen molar-refractivity contribution in [1.82, 2.24) is 5.32 Å². The molecule has 0 heterocycles. The van der Waals surface area contributed by atoms with Gasteiger partial charge in [0.2, 0.25) is 5.91 Å². The molecule has 1 amide bonds. The Kier molecular flexibility index (Phi) is 3.60. The summed E-state index contributed by atoms with van der Waals surface area (Å²) < 4.78 is 0. The smallest absolute Gasteiger partial charge is 0.325 e. The number of carboxylic acid groups (broad SMARTS) is 1. The standard InChI is InChI=1S/C10H14N2O3/c1-6(10(14)15)12-9(13)5-4-8(11)7-2-3-7/h4-7,11H,2-3H2,1H3,(H,12,13)(H,14,15)/b5-4+,11-8?. The van der Waals surface area contributed by atoms with Crippen LogP contribution in [-0.4, -0.2) is 28.7 Å². The molecule has 0 aromatic rings. The molecule has 0 aliphatic heterocycles. The summed E-state index contributed by atoms with van der Waals surface area (Å²) in [7, 11) is 0. The van der Waals surface area contributed by atoms with Gasteiger partial charge in [-0.15, -0.1) is 0 Å². The third-order valence-corrected chi connectivity index (χ3v) is 2.16. The van der Waals surface area contributed by atoms with E-state index in [4.69, 9.17) is 10.5 Å². The zero-order valence-electron chi connectivity index (χ0n) is 8.49. The van der Waals surface area contributed by atoms with Crippen molar-refractivity contribution in [2.75, 3.05) is 0 Å². The second-order valence-corrected chi connectivity index (χ2v) is 3.63. The quantitative estimate of drug-likeness (QED) is 0.457. The first-order valence-corrected chi connectivity index (χ1v) is 4.80. The second kappa shape index (κ2) is 4.72. The van der Waals surface area contributed by atoms with Crippen LogP contribution in [0.4, 0.5) is 0 Å². The Morgan fingerprint density at radius 1 is 1.47 bits per heavy atom. The summed E-state index contributed by atoms with van der Waals surface area (Å²) >= 11 is 0. The zero-order valence-corrected chi connectivity index (χ0v) is 8.49. The summed E-state index contributed by atoms with van der Waals surface area (Å²) in [6.45, 7) is 1.39. The molecule has 0 aromatic heterocycles. The minimum Gasteiger partial charge on any atom is -0.480 e. The van der Waals surface area contributed by atoms with Crippen LogP contribution < -0.4 is 5.32 Å². The highest BCUT2D eigenvalue weighted by Gasteiger charge is 2.24. The lowest BCUT2D eigenvalue weighted by molar-refractivity contribution is -0.140. The molecule has 3 N–H and O–H groups in total. The molecule has 1 atom stereocenters. The Morgan fingerprint density at radius 3 is 2.53 bits per heavy atom. The molecule has 0 saturated heterocycles. The van der Waals surface area contributed by atoms with Gasteiger partial charge in [-0.25, -0.2) is 0 Å². The van der Waals surface area contributed by atoms with Gasteiger partial charge < -0.3 is 15.8 Å². The van der Waals surface area contributed by atoms with E-state index in [2.05, 4.69) is 5.32 Å². The maximum absolute atomic E-state index is 11.1. The Labute approximate surface area is 87.7 Å². The number of rotatable bonds is 5. The minimum atomic E-state index is -1.07. The summed E-state index contributed by atoms with van der Waals surface area (Å²) in [6, 6.07) is -0.905. The number of hydrogen-bond donors (Lipinski definition) is 3. The van der Waals surface area contributed by atoms with E-state index in [1.807, 2.05) is 0 Å². The monoisotopic (exact) mass is 210 g/mol. The highest BCUT2D eigenvalue weighted by molar-refractivity contribution is 6.01. The van der Waals surface area contributed by atoms with Crippen molar-refractivity contribution in [3.63, 3.8) is 0 Å². The summed E-state index contributed by atoms with van der Waals surface area (Å²) in [5.74, 6) is -1.25. The summed E-state index contributed by atoms with van der Waals surface area (Å²) in [4.78, 5) is 21.6. The number of hydrogen-bond acceptors (Lipinski definition) is 3. The van der Waals surface area contributed by atoms with Gasteiger partial charge in [0.1, 0.15) is 6.04 Å². The molecule has 1 fully saturated rings. The van der Waals surface area contributed by atoms with E-state index in [9.17, 15) is 9.59 Å². The van der Waals surface area contributed by atoms with E-state index in [1.54, 1.807) is 0 Å². The lowest BCUT2D eigenvalue weighted by atomic mass is 10.2. The van der Waals surface area contributed by atoms with Gasteiger partial charge in [-0.2, -0.15) is 0 Å². The Balaban J connectivity index is 2.34. The predicted octanol–water partition coefficient (Wildman–Crippen LogP) is 0.562. The molecule has 82 valence electrons. The van der Waals surface area contributed by atoms with Crippen LogP contribution in [0.3, 0.4) is 0 Å². The van der Waals surface area contributed by atoms with Crippen LogP contribution in [0, 0.1) is 11.3 Å². The van der Waals surface area contributed by atoms with E-state index in [0.29, 0.717) is 11.6 Å². The number of carboxylic acids is 1. The van der Waals surface area contributed by atoms with Crippen molar-refractivity contribution in [3.8, 4) is 0 Å². The van der Waals surface area contributed by atoms with Crippen molar-refractivity contribution >= 4 is 17.6 Å². The number of carbonyl (C=O) groups excluding carboxylic acids is 1. The molecule has 1 aliphatic carbocycles. The number of carbonyl (C=O) groups is 2. The van der Waals surface area contributed by atoms with Crippen LogP contribution in [0.15, 0.2) is 12.2 Å². The molecule has 5 heteroatoms. The summed E-state index contributed by atoms with van der Waals surface area (Å²) in [5, 5.41) is 18.3.